The van der Waals surface area contributed by atoms with E-state index < -0.39 is 10.0 Å². The number of rotatable bonds is 7. The molecule has 3 rings (SSSR count). The molecule has 0 bridgehead atoms. The molecule has 2 heterocycles. The van der Waals surface area contributed by atoms with E-state index in [0.717, 1.165) is 29.9 Å². The number of oxazole rings is 1. The van der Waals surface area contributed by atoms with Gasteiger partial charge in [0.1, 0.15) is 17.5 Å². The number of sulfonamides is 1. The van der Waals surface area contributed by atoms with Crippen LogP contribution < -0.4 is 4.72 Å². The molecule has 8 heteroatoms. The van der Waals surface area contributed by atoms with Gasteiger partial charge in [0.2, 0.25) is 21.8 Å². The van der Waals surface area contributed by atoms with Crippen LogP contribution in [-0.2, 0) is 14.8 Å². The van der Waals surface area contributed by atoms with Crippen LogP contribution in [0.25, 0.3) is 11.3 Å². The van der Waals surface area contributed by atoms with Crippen LogP contribution in [0.1, 0.15) is 57.2 Å². The Hall–Kier alpha value is -2.19. The van der Waals surface area contributed by atoms with Crippen molar-refractivity contribution in [1.82, 2.24) is 14.6 Å². The van der Waals surface area contributed by atoms with Gasteiger partial charge in [-0.1, -0.05) is 44.2 Å². The summed E-state index contributed by atoms with van der Waals surface area (Å²) >= 11 is 0. The van der Waals surface area contributed by atoms with Crippen molar-refractivity contribution in [2.75, 3.05) is 18.8 Å². The van der Waals surface area contributed by atoms with Gasteiger partial charge in [-0.25, -0.2) is 18.1 Å². The normalized spacial score (nSPS) is 17.4. The Balaban J connectivity index is 1.85. The molecule has 1 aromatic carbocycles. The summed E-state index contributed by atoms with van der Waals surface area (Å²) < 4.78 is 31.7. The predicted molar refractivity (Wildman–Crippen MR) is 107 cm³/mol. The average molecular weight is 406 g/mol. The minimum Gasteiger partial charge on any atom is -0.442 e. The number of likely N-dealkylation sites (tertiary alicyclic amines) is 1. The molecule has 1 aliphatic rings. The highest BCUT2D eigenvalue weighted by Crippen LogP contribution is 2.37. The largest absolute Gasteiger partial charge is 0.442 e. The summed E-state index contributed by atoms with van der Waals surface area (Å²) in [6.45, 7) is 5.96. The zero-order valence-corrected chi connectivity index (χ0v) is 17.3. The van der Waals surface area contributed by atoms with E-state index in [-0.39, 0.29) is 30.2 Å². The van der Waals surface area contributed by atoms with Gasteiger partial charge in [0.15, 0.2) is 0 Å². The topological polar surface area (TPSA) is 92.5 Å². The first kappa shape index (κ1) is 20.5. The van der Waals surface area contributed by atoms with Crippen LogP contribution in [0.3, 0.4) is 0 Å². The van der Waals surface area contributed by atoms with E-state index in [9.17, 15) is 13.2 Å². The Bertz CT molecular complexity index is 922. The highest BCUT2D eigenvalue weighted by Gasteiger charge is 2.34. The first-order valence-corrected chi connectivity index (χ1v) is 11.3. The predicted octanol–water partition coefficient (Wildman–Crippen LogP) is 3.07. The number of hydrogen-bond acceptors (Lipinski definition) is 5. The molecule has 1 amide bonds. The van der Waals surface area contributed by atoms with Gasteiger partial charge in [0.05, 0.1) is 12.3 Å². The summed E-state index contributed by atoms with van der Waals surface area (Å²) in [7, 11) is -3.41. The van der Waals surface area contributed by atoms with Crippen molar-refractivity contribution in [2.45, 2.75) is 45.6 Å². The molecule has 1 aromatic heterocycles. The van der Waals surface area contributed by atoms with E-state index in [4.69, 9.17) is 9.40 Å². The molecule has 0 saturated carbocycles. The Morgan fingerprint density at radius 2 is 2.04 bits per heavy atom. The molecule has 7 nitrogen and oxygen atoms in total. The maximum absolute atomic E-state index is 12.6. The minimum absolute atomic E-state index is 0.0539. The van der Waals surface area contributed by atoms with Crippen molar-refractivity contribution in [1.29, 1.82) is 0 Å². The maximum atomic E-state index is 12.6. The van der Waals surface area contributed by atoms with Crippen LogP contribution in [0.15, 0.2) is 34.7 Å². The lowest BCUT2D eigenvalue weighted by atomic mass is 10.0. The van der Waals surface area contributed by atoms with E-state index >= 15 is 0 Å². The standard InChI is InChI=1S/C20H27N3O4S/c1-4-28(25,26)21-13-17(24)23-12-8-11-16(23)20-22-18(19(27-20)14(2)3)15-9-6-5-7-10-15/h5-7,9-10,14,16,21H,4,8,11-13H2,1-3H3. The van der Waals surface area contributed by atoms with Gasteiger partial charge in [-0.15, -0.1) is 0 Å². The zero-order chi connectivity index (χ0) is 20.3. The molecular weight excluding hydrogens is 378 g/mol. The van der Waals surface area contributed by atoms with Crippen molar-refractivity contribution < 1.29 is 17.6 Å². The molecule has 28 heavy (non-hydrogen) atoms. The van der Waals surface area contributed by atoms with Gasteiger partial charge >= 0.3 is 0 Å². The number of carbonyl (C=O) groups is 1. The first-order valence-electron chi connectivity index (χ1n) is 9.65. The van der Waals surface area contributed by atoms with Gasteiger partial charge < -0.3 is 9.32 Å². The average Bonchev–Trinajstić information content (AvgIpc) is 3.34. The SMILES string of the molecule is CCS(=O)(=O)NCC(=O)N1CCCC1c1nc(-c2ccccc2)c(C(C)C)o1. The van der Waals surface area contributed by atoms with Crippen LogP contribution in [0.4, 0.5) is 0 Å². The molecule has 1 atom stereocenters. The number of aromatic nitrogens is 1. The zero-order valence-electron chi connectivity index (χ0n) is 16.5. The third-order valence-corrected chi connectivity index (χ3v) is 6.27. The lowest BCUT2D eigenvalue weighted by Gasteiger charge is -2.22. The first-order chi connectivity index (χ1) is 13.3. The summed E-state index contributed by atoms with van der Waals surface area (Å²) in [4.78, 5) is 19.0. The Kier molecular flexibility index (Phi) is 6.20. The number of amides is 1. The lowest BCUT2D eigenvalue weighted by Crippen LogP contribution is -2.40. The smallest absolute Gasteiger partial charge is 0.238 e. The minimum atomic E-state index is -3.41. The van der Waals surface area contributed by atoms with E-state index in [1.807, 2.05) is 44.2 Å². The Morgan fingerprint density at radius 3 is 2.68 bits per heavy atom. The number of hydrogen-bond donors (Lipinski definition) is 1. The van der Waals surface area contributed by atoms with E-state index in [1.165, 1.54) is 6.92 Å². The third kappa shape index (κ3) is 4.44. The van der Waals surface area contributed by atoms with Gasteiger partial charge in [-0.2, -0.15) is 0 Å². The second-order valence-corrected chi connectivity index (χ2v) is 9.35. The van der Waals surface area contributed by atoms with Crippen LogP contribution >= 0.6 is 0 Å². The summed E-state index contributed by atoms with van der Waals surface area (Å²) in [6.07, 6.45) is 1.58. The molecule has 1 unspecified atom stereocenters. The van der Waals surface area contributed by atoms with Crippen molar-refractivity contribution in [2.24, 2.45) is 0 Å². The van der Waals surface area contributed by atoms with Gasteiger partial charge in [0.25, 0.3) is 0 Å². The Morgan fingerprint density at radius 1 is 1.32 bits per heavy atom. The monoisotopic (exact) mass is 405 g/mol. The quantitative estimate of drug-likeness (QED) is 0.764. The molecule has 1 fully saturated rings. The van der Waals surface area contributed by atoms with Crippen LogP contribution in [0.2, 0.25) is 0 Å². The maximum Gasteiger partial charge on any atom is 0.238 e. The van der Waals surface area contributed by atoms with E-state index in [2.05, 4.69) is 4.72 Å². The number of nitrogens with zero attached hydrogens (tertiary/aromatic N) is 2. The second-order valence-electron chi connectivity index (χ2n) is 7.26. The number of carbonyl (C=O) groups excluding carboxylic acids is 1. The molecule has 0 spiro atoms. The van der Waals surface area contributed by atoms with Crippen LogP contribution in [-0.4, -0.2) is 43.1 Å². The third-order valence-electron chi connectivity index (χ3n) is 4.92. The fraction of sp³-hybridized carbons (Fsp3) is 0.500. The molecule has 1 N–H and O–H groups in total. The number of nitrogens with one attached hydrogen (secondary N) is 1. The molecule has 152 valence electrons. The van der Waals surface area contributed by atoms with Crippen molar-refractivity contribution >= 4 is 15.9 Å². The lowest BCUT2D eigenvalue weighted by molar-refractivity contribution is -0.131. The van der Waals surface area contributed by atoms with E-state index in [0.29, 0.717) is 12.4 Å². The molecule has 1 saturated heterocycles. The van der Waals surface area contributed by atoms with Crippen molar-refractivity contribution in [3.63, 3.8) is 0 Å². The fourth-order valence-corrected chi connectivity index (χ4v) is 3.93. The van der Waals surface area contributed by atoms with Crippen LogP contribution in [0.5, 0.6) is 0 Å². The number of benzene rings is 1. The highest BCUT2D eigenvalue weighted by molar-refractivity contribution is 7.89. The van der Waals surface area contributed by atoms with Gasteiger partial charge in [0, 0.05) is 18.0 Å². The molecular formula is C20H27N3O4S. The Labute approximate surface area is 166 Å². The summed E-state index contributed by atoms with van der Waals surface area (Å²) in [5, 5.41) is 0. The van der Waals surface area contributed by atoms with Crippen molar-refractivity contribution in [3.8, 4) is 11.3 Å². The molecule has 0 aliphatic carbocycles. The summed E-state index contributed by atoms with van der Waals surface area (Å²) in [6, 6.07) is 9.58. The molecule has 1 aliphatic heterocycles. The molecule has 2 aromatic rings. The molecule has 0 radical (unpaired) electrons. The summed E-state index contributed by atoms with van der Waals surface area (Å²) in [5.41, 5.74) is 1.78. The van der Waals surface area contributed by atoms with Crippen molar-refractivity contribution in [3.05, 3.63) is 42.0 Å². The highest BCUT2D eigenvalue weighted by atomic mass is 32.2. The van der Waals surface area contributed by atoms with Gasteiger partial charge in [-0.05, 0) is 19.8 Å². The fourth-order valence-electron chi connectivity index (χ4n) is 3.38. The second kappa shape index (κ2) is 8.45. The van der Waals surface area contributed by atoms with Crippen LogP contribution in [0, 0.1) is 0 Å². The summed E-state index contributed by atoms with van der Waals surface area (Å²) in [5.74, 6) is 1.16. The van der Waals surface area contributed by atoms with E-state index in [1.54, 1.807) is 4.90 Å². The van der Waals surface area contributed by atoms with Gasteiger partial charge in [-0.3, -0.25) is 4.79 Å².